The van der Waals surface area contributed by atoms with Gasteiger partial charge in [0.15, 0.2) is 0 Å². The summed E-state index contributed by atoms with van der Waals surface area (Å²) in [5.41, 5.74) is 8.63. The summed E-state index contributed by atoms with van der Waals surface area (Å²) in [5, 5.41) is 18.3. The van der Waals surface area contributed by atoms with Crippen LogP contribution in [0.4, 0.5) is 0 Å². The number of halogens is 1. The molecule has 0 aliphatic rings. The molecule has 0 bridgehead atoms. The summed E-state index contributed by atoms with van der Waals surface area (Å²) in [6.07, 6.45) is 0.423. The molecule has 1 rings (SSSR count). The van der Waals surface area contributed by atoms with Crippen LogP contribution in [0.1, 0.15) is 35.6 Å². The number of nitrogens with two attached hydrogens (primary N) is 1. The molecule has 0 fully saturated rings. The predicted octanol–water partition coefficient (Wildman–Crippen LogP) is 2.64. The molecule has 1 atom stereocenters. The Kier molecular flexibility index (Phi) is 4.54. The Balaban J connectivity index is 3.05. The fraction of sp³-hybridized carbons (Fsp3) is 0.417. The van der Waals surface area contributed by atoms with Crippen molar-refractivity contribution in [3.8, 4) is 5.75 Å². The second-order valence-electron chi connectivity index (χ2n) is 4.10. The van der Waals surface area contributed by atoms with Crippen LogP contribution in [0.5, 0.6) is 5.75 Å². The van der Waals surface area contributed by atoms with Crippen LogP contribution >= 0.6 is 15.9 Å². The van der Waals surface area contributed by atoms with Gasteiger partial charge < -0.3 is 15.9 Å². The van der Waals surface area contributed by atoms with Crippen molar-refractivity contribution in [2.75, 3.05) is 0 Å². The lowest BCUT2D eigenvalue weighted by molar-refractivity contribution is -0.137. The van der Waals surface area contributed by atoms with Gasteiger partial charge in [-0.2, -0.15) is 0 Å². The molecule has 0 aliphatic carbocycles. The molecular formula is C12H16BrNO3. The number of aromatic hydroxyl groups is 1. The number of aliphatic carboxylic acids is 1. The molecule has 0 aliphatic heterocycles. The zero-order valence-electron chi connectivity index (χ0n) is 9.83. The lowest BCUT2D eigenvalue weighted by Gasteiger charge is -2.18. The number of carboxylic acid groups (broad SMARTS) is 1. The van der Waals surface area contributed by atoms with Gasteiger partial charge in [0.25, 0.3) is 0 Å². The van der Waals surface area contributed by atoms with E-state index in [1.807, 2.05) is 13.8 Å². The maximum atomic E-state index is 10.5. The average Bonchev–Trinajstić information content (AvgIpc) is 2.23. The van der Waals surface area contributed by atoms with E-state index in [2.05, 4.69) is 15.9 Å². The smallest absolute Gasteiger partial charge is 0.303 e. The van der Waals surface area contributed by atoms with Crippen LogP contribution in [-0.4, -0.2) is 16.2 Å². The first-order valence-electron chi connectivity index (χ1n) is 5.30. The van der Waals surface area contributed by atoms with Crippen LogP contribution in [0, 0.1) is 13.8 Å². The number of hydrogen-bond donors (Lipinski definition) is 3. The van der Waals surface area contributed by atoms with Crippen LogP contribution in [0.15, 0.2) is 10.5 Å². The Labute approximate surface area is 109 Å². The van der Waals surface area contributed by atoms with Gasteiger partial charge in [-0.3, -0.25) is 4.79 Å². The molecule has 0 radical (unpaired) electrons. The van der Waals surface area contributed by atoms with Gasteiger partial charge in [0.05, 0.1) is 4.47 Å². The van der Waals surface area contributed by atoms with Gasteiger partial charge in [-0.1, -0.05) is 0 Å². The summed E-state index contributed by atoms with van der Waals surface area (Å²) in [7, 11) is 0. The molecule has 0 spiro atoms. The van der Waals surface area contributed by atoms with Crippen molar-refractivity contribution < 1.29 is 15.0 Å². The lowest BCUT2D eigenvalue weighted by atomic mass is 9.93. The van der Waals surface area contributed by atoms with Crippen molar-refractivity contribution in [3.63, 3.8) is 0 Å². The zero-order chi connectivity index (χ0) is 13.2. The molecule has 0 heterocycles. The summed E-state index contributed by atoms with van der Waals surface area (Å²) in [5.74, 6) is -0.678. The highest BCUT2D eigenvalue weighted by Crippen LogP contribution is 2.35. The fourth-order valence-electron chi connectivity index (χ4n) is 1.95. The molecule has 1 aromatic rings. The summed E-state index contributed by atoms with van der Waals surface area (Å²) >= 11 is 3.29. The molecule has 0 saturated heterocycles. The van der Waals surface area contributed by atoms with Gasteiger partial charge in [-0.25, -0.2) is 0 Å². The standard InChI is InChI=1S/C12H16BrNO3/c1-6-5-9(15)12(13)7(2)11(6)8(14)3-4-10(16)17/h5,8,15H,3-4,14H2,1-2H3,(H,16,17). The van der Waals surface area contributed by atoms with Gasteiger partial charge in [-0.05, 0) is 59.0 Å². The Morgan fingerprint density at radius 2 is 2.12 bits per heavy atom. The maximum absolute atomic E-state index is 10.5. The van der Waals surface area contributed by atoms with E-state index in [9.17, 15) is 9.90 Å². The Morgan fingerprint density at radius 3 is 2.65 bits per heavy atom. The first kappa shape index (κ1) is 14.0. The third kappa shape index (κ3) is 3.20. The van der Waals surface area contributed by atoms with E-state index in [1.54, 1.807) is 6.07 Å². The number of rotatable bonds is 4. The SMILES string of the molecule is Cc1cc(O)c(Br)c(C)c1C(N)CCC(=O)O. The molecule has 94 valence electrons. The molecule has 4 nitrogen and oxygen atoms in total. The Morgan fingerprint density at radius 1 is 1.53 bits per heavy atom. The van der Waals surface area contributed by atoms with Gasteiger partial charge in [0, 0.05) is 12.5 Å². The Hall–Kier alpha value is -1.07. The van der Waals surface area contributed by atoms with Crippen LogP contribution in [-0.2, 0) is 4.79 Å². The molecule has 0 aromatic heterocycles. The minimum absolute atomic E-state index is 0.0402. The van der Waals surface area contributed by atoms with Gasteiger partial charge in [-0.15, -0.1) is 0 Å². The highest BCUT2D eigenvalue weighted by atomic mass is 79.9. The normalized spacial score (nSPS) is 12.5. The lowest BCUT2D eigenvalue weighted by Crippen LogP contribution is -2.15. The number of carboxylic acids is 1. The molecule has 5 heteroatoms. The minimum Gasteiger partial charge on any atom is -0.507 e. The fourth-order valence-corrected chi connectivity index (χ4v) is 2.27. The van der Waals surface area contributed by atoms with E-state index < -0.39 is 5.97 Å². The van der Waals surface area contributed by atoms with E-state index in [0.717, 1.165) is 16.7 Å². The molecular weight excluding hydrogens is 286 g/mol. The van der Waals surface area contributed by atoms with Crippen LogP contribution in [0.2, 0.25) is 0 Å². The first-order chi connectivity index (χ1) is 7.84. The largest absolute Gasteiger partial charge is 0.507 e. The summed E-state index contributed by atoms with van der Waals surface area (Å²) < 4.78 is 0.615. The van der Waals surface area contributed by atoms with E-state index in [0.29, 0.717) is 10.9 Å². The van der Waals surface area contributed by atoms with E-state index >= 15 is 0 Å². The van der Waals surface area contributed by atoms with Crippen LogP contribution in [0.3, 0.4) is 0 Å². The predicted molar refractivity (Wildman–Crippen MR) is 69.1 cm³/mol. The molecule has 0 amide bonds. The number of phenolic OH excluding ortho intramolecular Hbond substituents is 1. The van der Waals surface area contributed by atoms with Crippen molar-refractivity contribution in [1.82, 2.24) is 0 Å². The third-order valence-corrected chi connectivity index (χ3v) is 3.78. The van der Waals surface area contributed by atoms with Crippen molar-refractivity contribution in [3.05, 3.63) is 27.2 Å². The van der Waals surface area contributed by atoms with Crippen LogP contribution in [0.25, 0.3) is 0 Å². The molecule has 4 N–H and O–H groups in total. The molecule has 17 heavy (non-hydrogen) atoms. The van der Waals surface area contributed by atoms with Gasteiger partial charge in [0.1, 0.15) is 5.75 Å². The highest BCUT2D eigenvalue weighted by Gasteiger charge is 2.17. The first-order valence-corrected chi connectivity index (χ1v) is 6.09. The maximum Gasteiger partial charge on any atom is 0.303 e. The third-order valence-electron chi connectivity index (χ3n) is 2.78. The van der Waals surface area contributed by atoms with E-state index in [1.165, 1.54) is 0 Å². The van der Waals surface area contributed by atoms with Crippen molar-refractivity contribution in [1.29, 1.82) is 0 Å². The van der Waals surface area contributed by atoms with Crippen molar-refractivity contribution in [2.45, 2.75) is 32.7 Å². The number of aryl methyl sites for hydroxylation is 1. The van der Waals surface area contributed by atoms with E-state index in [4.69, 9.17) is 10.8 Å². The minimum atomic E-state index is -0.853. The summed E-state index contributed by atoms with van der Waals surface area (Å²) in [6.45, 7) is 3.71. The topological polar surface area (TPSA) is 83.5 Å². The number of hydrogen-bond acceptors (Lipinski definition) is 3. The molecule has 1 aromatic carbocycles. The monoisotopic (exact) mass is 301 g/mol. The average molecular weight is 302 g/mol. The Bertz CT molecular complexity index is 446. The van der Waals surface area contributed by atoms with E-state index in [-0.39, 0.29) is 18.2 Å². The second-order valence-corrected chi connectivity index (χ2v) is 4.90. The number of benzene rings is 1. The summed E-state index contributed by atoms with van der Waals surface area (Å²) in [6, 6.07) is 1.30. The van der Waals surface area contributed by atoms with Crippen molar-refractivity contribution in [2.24, 2.45) is 5.73 Å². The van der Waals surface area contributed by atoms with Gasteiger partial charge in [0.2, 0.25) is 0 Å². The zero-order valence-corrected chi connectivity index (χ0v) is 11.4. The quantitative estimate of drug-likeness (QED) is 0.798. The highest BCUT2D eigenvalue weighted by molar-refractivity contribution is 9.10. The van der Waals surface area contributed by atoms with Crippen LogP contribution < -0.4 is 5.73 Å². The molecule has 1 unspecified atom stereocenters. The van der Waals surface area contributed by atoms with Gasteiger partial charge >= 0.3 is 5.97 Å². The molecule has 0 saturated carbocycles. The van der Waals surface area contributed by atoms with Crippen molar-refractivity contribution >= 4 is 21.9 Å². The number of phenols is 1. The second kappa shape index (κ2) is 5.51. The number of carbonyl (C=O) groups is 1. The summed E-state index contributed by atoms with van der Waals surface area (Å²) in [4.78, 5) is 10.5.